The molecule has 1 amide bonds. The van der Waals surface area contributed by atoms with Gasteiger partial charge in [-0.05, 0) is 55.8 Å². The Balaban J connectivity index is 1.53. The standard InChI is InChI=1S/C25H32N4O4S/c1-4-28(5-2)22(18-10-8-11-19(16-18)33-3)17-26-25(30)21-13-9-15-29(21)24-20-12-6-7-14-23(20)34(31,32)27-24/h6-8,10-12,14,16,21-22H,4-5,9,13,15,17H2,1-3H3,(H,26,30)/t21-,22?/m0/s1. The Hall–Kier alpha value is -2.91. The zero-order valence-corrected chi connectivity index (χ0v) is 20.7. The summed E-state index contributed by atoms with van der Waals surface area (Å²) in [5.41, 5.74) is 1.64. The lowest BCUT2D eigenvalue weighted by Crippen LogP contribution is -2.48. The molecule has 0 radical (unpaired) electrons. The number of rotatable bonds is 8. The molecule has 2 aromatic carbocycles. The number of amides is 1. The number of likely N-dealkylation sites (tertiary alicyclic amines) is 1. The molecule has 1 fully saturated rings. The minimum atomic E-state index is -3.73. The van der Waals surface area contributed by atoms with Crippen LogP contribution in [0.2, 0.25) is 0 Å². The van der Waals surface area contributed by atoms with Gasteiger partial charge in [0.2, 0.25) is 5.91 Å². The first-order valence-electron chi connectivity index (χ1n) is 11.8. The van der Waals surface area contributed by atoms with Crippen molar-refractivity contribution in [3.05, 3.63) is 59.7 Å². The summed E-state index contributed by atoms with van der Waals surface area (Å²) in [6.07, 6.45) is 1.46. The predicted molar refractivity (Wildman–Crippen MR) is 132 cm³/mol. The van der Waals surface area contributed by atoms with E-state index in [0.717, 1.165) is 30.8 Å². The summed E-state index contributed by atoms with van der Waals surface area (Å²) in [7, 11) is -2.09. The number of benzene rings is 2. The van der Waals surface area contributed by atoms with Crippen molar-refractivity contribution in [3.8, 4) is 5.75 Å². The Morgan fingerprint density at radius 3 is 2.71 bits per heavy atom. The highest BCUT2D eigenvalue weighted by molar-refractivity contribution is 7.90. The number of methoxy groups -OCH3 is 1. The lowest BCUT2D eigenvalue weighted by atomic mass is 10.0. The van der Waals surface area contributed by atoms with Gasteiger partial charge in [-0.1, -0.05) is 38.1 Å². The average Bonchev–Trinajstić information content (AvgIpc) is 3.44. The van der Waals surface area contributed by atoms with Gasteiger partial charge in [0, 0.05) is 18.7 Å². The van der Waals surface area contributed by atoms with Gasteiger partial charge in [0.05, 0.1) is 13.2 Å². The second-order valence-corrected chi connectivity index (χ2v) is 10.1. The molecular formula is C25H32N4O4S. The van der Waals surface area contributed by atoms with Crippen LogP contribution in [0, 0.1) is 0 Å². The molecule has 4 rings (SSSR count). The quantitative estimate of drug-likeness (QED) is 0.620. The first-order valence-corrected chi connectivity index (χ1v) is 13.2. The van der Waals surface area contributed by atoms with Gasteiger partial charge >= 0.3 is 0 Å². The van der Waals surface area contributed by atoms with E-state index in [4.69, 9.17) is 4.74 Å². The number of fused-ring (bicyclic) bond motifs is 1. The summed E-state index contributed by atoms with van der Waals surface area (Å²) in [5.74, 6) is 1.05. The predicted octanol–water partition coefficient (Wildman–Crippen LogP) is 2.81. The van der Waals surface area contributed by atoms with Crippen molar-refractivity contribution in [2.24, 2.45) is 4.40 Å². The molecule has 182 valence electrons. The van der Waals surface area contributed by atoms with E-state index in [1.165, 1.54) is 0 Å². The fourth-order valence-electron chi connectivity index (χ4n) is 4.87. The van der Waals surface area contributed by atoms with Crippen molar-refractivity contribution in [2.45, 2.75) is 43.7 Å². The zero-order chi connectivity index (χ0) is 24.3. The monoisotopic (exact) mass is 484 g/mol. The third-order valence-electron chi connectivity index (χ3n) is 6.64. The molecule has 0 bridgehead atoms. The maximum absolute atomic E-state index is 13.3. The van der Waals surface area contributed by atoms with Gasteiger partial charge in [0.25, 0.3) is 10.0 Å². The maximum atomic E-state index is 13.3. The fraction of sp³-hybridized carbons (Fsp3) is 0.440. The van der Waals surface area contributed by atoms with E-state index in [1.54, 1.807) is 31.4 Å². The Bertz CT molecular complexity index is 1180. The van der Waals surface area contributed by atoms with E-state index in [1.807, 2.05) is 23.1 Å². The van der Waals surface area contributed by atoms with E-state index in [9.17, 15) is 13.2 Å². The molecule has 9 heteroatoms. The summed E-state index contributed by atoms with van der Waals surface area (Å²) in [6, 6.07) is 14.3. The van der Waals surface area contributed by atoms with Crippen LogP contribution in [-0.4, -0.2) is 69.3 Å². The van der Waals surface area contributed by atoms with Crippen LogP contribution >= 0.6 is 0 Å². The highest BCUT2D eigenvalue weighted by Crippen LogP contribution is 2.31. The van der Waals surface area contributed by atoms with Crippen molar-refractivity contribution < 1.29 is 17.9 Å². The minimum Gasteiger partial charge on any atom is -0.497 e. The van der Waals surface area contributed by atoms with Gasteiger partial charge in [-0.3, -0.25) is 9.69 Å². The second-order valence-electron chi connectivity index (χ2n) is 8.50. The summed E-state index contributed by atoms with van der Waals surface area (Å²) < 4.78 is 34.5. The number of nitrogens with one attached hydrogen (secondary N) is 1. The van der Waals surface area contributed by atoms with Crippen molar-refractivity contribution in [1.82, 2.24) is 15.1 Å². The topological polar surface area (TPSA) is 91.3 Å². The van der Waals surface area contributed by atoms with Gasteiger partial charge in [-0.25, -0.2) is 0 Å². The molecule has 2 atom stereocenters. The summed E-state index contributed by atoms with van der Waals surface area (Å²) in [5, 5.41) is 3.14. The highest BCUT2D eigenvalue weighted by Gasteiger charge is 2.39. The zero-order valence-electron chi connectivity index (χ0n) is 19.9. The molecule has 2 aromatic rings. The molecule has 1 N–H and O–H groups in total. The first-order chi connectivity index (χ1) is 16.4. The molecule has 2 heterocycles. The molecule has 0 aliphatic carbocycles. The molecule has 2 aliphatic heterocycles. The highest BCUT2D eigenvalue weighted by atomic mass is 32.2. The van der Waals surface area contributed by atoms with Gasteiger partial charge in [-0.15, -0.1) is 4.40 Å². The summed E-state index contributed by atoms with van der Waals surface area (Å²) in [4.78, 5) is 17.7. The number of hydrogen-bond acceptors (Lipinski definition) is 6. The van der Waals surface area contributed by atoms with Crippen molar-refractivity contribution in [2.75, 3.05) is 33.3 Å². The van der Waals surface area contributed by atoms with E-state index in [2.05, 4.69) is 34.5 Å². The van der Waals surface area contributed by atoms with E-state index in [0.29, 0.717) is 30.9 Å². The van der Waals surface area contributed by atoms with E-state index in [-0.39, 0.29) is 16.8 Å². The molecule has 0 saturated carbocycles. The average molecular weight is 485 g/mol. The van der Waals surface area contributed by atoms with Gasteiger partial charge in [0.15, 0.2) is 5.84 Å². The SMILES string of the molecule is CCN(CC)C(CNC(=O)[C@@H]1CCCN1C1=NS(=O)(=O)c2ccccc21)c1cccc(OC)c1. The Morgan fingerprint density at radius 2 is 1.97 bits per heavy atom. The normalized spacial score (nSPS) is 19.6. The van der Waals surface area contributed by atoms with Gasteiger partial charge in [-0.2, -0.15) is 8.42 Å². The van der Waals surface area contributed by atoms with E-state index >= 15 is 0 Å². The number of ether oxygens (including phenoxy) is 1. The Labute approximate surface area is 201 Å². The minimum absolute atomic E-state index is 0.00571. The summed E-state index contributed by atoms with van der Waals surface area (Å²) in [6.45, 7) is 6.93. The van der Waals surface area contributed by atoms with Crippen molar-refractivity contribution >= 4 is 21.8 Å². The molecular weight excluding hydrogens is 452 g/mol. The largest absolute Gasteiger partial charge is 0.497 e. The molecule has 0 aromatic heterocycles. The number of amidine groups is 1. The van der Waals surface area contributed by atoms with Crippen LogP contribution in [0.25, 0.3) is 0 Å². The number of carbonyl (C=O) groups is 1. The number of carbonyl (C=O) groups excluding carboxylic acids is 1. The Kier molecular flexibility index (Phi) is 7.23. The molecule has 1 saturated heterocycles. The number of hydrogen-bond donors (Lipinski definition) is 1. The molecule has 8 nitrogen and oxygen atoms in total. The van der Waals surface area contributed by atoms with E-state index < -0.39 is 16.1 Å². The number of nitrogens with zero attached hydrogens (tertiary/aromatic N) is 3. The van der Waals surface area contributed by atoms with Gasteiger partial charge in [0.1, 0.15) is 16.7 Å². The van der Waals surface area contributed by atoms with Crippen LogP contribution in [-0.2, 0) is 14.8 Å². The second kappa shape index (κ2) is 10.1. The van der Waals surface area contributed by atoms with Crippen molar-refractivity contribution in [1.29, 1.82) is 0 Å². The van der Waals surface area contributed by atoms with Crippen LogP contribution in [0.1, 0.15) is 43.9 Å². The van der Waals surface area contributed by atoms with Crippen molar-refractivity contribution in [3.63, 3.8) is 0 Å². The third kappa shape index (κ3) is 4.67. The fourth-order valence-corrected chi connectivity index (χ4v) is 6.09. The van der Waals surface area contributed by atoms with Crippen LogP contribution in [0.4, 0.5) is 0 Å². The molecule has 2 aliphatic rings. The van der Waals surface area contributed by atoms with Crippen LogP contribution < -0.4 is 10.1 Å². The third-order valence-corrected chi connectivity index (χ3v) is 7.97. The van der Waals surface area contributed by atoms with Gasteiger partial charge < -0.3 is 15.0 Å². The molecule has 34 heavy (non-hydrogen) atoms. The van der Waals surface area contributed by atoms with Crippen LogP contribution in [0.5, 0.6) is 5.75 Å². The number of likely N-dealkylation sites (N-methyl/N-ethyl adjacent to an activating group) is 1. The Morgan fingerprint density at radius 1 is 1.21 bits per heavy atom. The summed E-state index contributed by atoms with van der Waals surface area (Å²) >= 11 is 0. The van der Waals surface area contributed by atoms with Crippen LogP contribution in [0.15, 0.2) is 57.8 Å². The lowest BCUT2D eigenvalue weighted by molar-refractivity contribution is -0.124. The smallest absolute Gasteiger partial charge is 0.285 e. The molecule has 0 spiro atoms. The molecule has 1 unspecified atom stereocenters. The number of sulfonamides is 1. The lowest BCUT2D eigenvalue weighted by Gasteiger charge is -2.32. The van der Waals surface area contributed by atoms with Crippen LogP contribution in [0.3, 0.4) is 0 Å². The maximum Gasteiger partial charge on any atom is 0.285 e. The first kappa shape index (κ1) is 24.2.